The van der Waals surface area contributed by atoms with Gasteiger partial charge in [-0.2, -0.15) is 0 Å². The van der Waals surface area contributed by atoms with Crippen LogP contribution in [-0.2, 0) is 14.8 Å². The van der Waals surface area contributed by atoms with E-state index in [1.54, 1.807) is 30.0 Å². The van der Waals surface area contributed by atoms with Gasteiger partial charge >= 0.3 is 0 Å². The third-order valence-electron chi connectivity index (χ3n) is 6.91. The number of hydrogen-bond donors (Lipinski definition) is 2. The Morgan fingerprint density at radius 2 is 1.97 bits per heavy atom. The Morgan fingerprint density at radius 3 is 2.59 bits per heavy atom. The van der Waals surface area contributed by atoms with E-state index in [1.807, 2.05) is 6.92 Å². The maximum atomic E-state index is 13.5. The highest BCUT2D eigenvalue weighted by Crippen LogP contribution is 2.32. The van der Waals surface area contributed by atoms with Gasteiger partial charge in [0.2, 0.25) is 15.9 Å². The van der Waals surface area contributed by atoms with Gasteiger partial charge in [-0.1, -0.05) is 26.2 Å². The molecule has 1 heterocycles. The number of carbonyl (C=O) groups excluding carboxylic acids is 2. The second kappa shape index (κ2) is 11.0. The predicted octanol–water partition coefficient (Wildman–Crippen LogP) is 2.32. The van der Waals surface area contributed by atoms with Crippen LogP contribution in [-0.4, -0.2) is 79.7 Å². The summed E-state index contributed by atoms with van der Waals surface area (Å²) in [6, 6.07) is 4.53. The number of rotatable bonds is 7. The molecule has 3 atom stereocenters. The van der Waals surface area contributed by atoms with Crippen molar-refractivity contribution in [3.8, 4) is 5.75 Å². The molecule has 0 unspecified atom stereocenters. The summed E-state index contributed by atoms with van der Waals surface area (Å²) >= 11 is 0. The van der Waals surface area contributed by atoms with Gasteiger partial charge in [0.25, 0.3) is 5.91 Å². The summed E-state index contributed by atoms with van der Waals surface area (Å²) in [5, 5.41) is 12.7. The average molecular weight is 496 g/mol. The maximum Gasteiger partial charge on any atom is 0.258 e. The fraction of sp³-hybridized carbons (Fsp3) is 0.667. The Labute approximate surface area is 202 Å². The van der Waals surface area contributed by atoms with Crippen molar-refractivity contribution in [1.29, 1.82) is 0 Å². The normalized spacial score (nSPS) is 23.0. The van der Waals surface area contributed by atoms with E-state index in [0.717, 1.165) is 38.4 Å². The van der Waals surface area contributed by atoms with Gasteiger partial charge in [0.05, 0.1) is 31.0 Å². The van der Waals surface area contributed by atoms with Crippen molar-refractivity contribution in [3.05, 3.63) is 23.8 Å². The van der Waals surface area contributed by atoms with Crippen molar-refractivity contribution in [1.82, 2.24) is 9.21 Å². The molecule has 1 aromatic rings. The van der Waals surface area contributed by atoms with Gasteiger partial charge in [0.1, 0.15) is 11.9 Å². The number of aliphatic hydroxyl groups is 1. The van der Waals surface area contributed by atoms with Crippen LogP contribution in [0.4, 0.5) is 5.69 Å². The Kier molecular flexibility index (Phi) is 8.59. The van der Waals surface area contributed by atoms with Crippen molar-refractivity contribution >= 4 is 27.5 Å². The zero-order valence-corrected chi connectivity index (χ0v) is 21.3. The number of sulfonamides is 1. The molecule has 1 saturated carbocycles. The molecule has 190 valence electrons. The first kappa shape index (κ1) is 26.4. The lowest BCUT2D eigenvalue weighted by atomic mass is 9.88. The molecule has 1 fully saturated rings. The summed E-state index contributed by atoms with van der Waals surface area (Å²) in [6.45, 7) is 3.87. The SMILES string of the molecule is C[C@@H]1CN([C@H](C)CO)C(=O)c2cc(NC(=O)C3CCCCC3)ccc2O[C@@H]1CN(C)S(C)(=O)=O. The number of likely N-dealkylation sites (N-methyl/N-ethyl adjacent to an activating group) is 1. The summed E-state index contributed by atoms with van der Waals surface area (Å²) in [4.78, 5) is 27.8. The van der Waals surface area contributed by atoms with Gasteiger partial charge in [-0.25, -0.2) is 12.7 Å². The monoisotopic (exact) mass is 495 g/mol. The van der Waals surface area contributed by atoms with Crippen molar-refractivity contribution < 1.29 is 27.9 Å². The number of ether oxygens (including phenoxy) is 1. The molecule has 0 spiro atoms. The van der Waals surface area contributed by atoms with E-state index in [0.29, 0.717) is 18.0 Å². The third kappa shape index (κ3) is 6.28. The molecule has 1 aliphatic heterocycles. The summed E-state index contributed by atoms with van der Waals surface area (Å²) in [7, 11) is -1.92. The quantitative estimate of drug-likeness (QED) is 0.600. The van der Waals surface area contributed by atoms with Crippen LogP contribution in [0.25, 0.3) is 0 Å². The molecule has 2 aliphatic rings. The van der Waals surface area contributed by atoms with E-state index >= 15 is 0 Å². The first-order valence-corrected chi connectivity index (χ1v) is 13.8. The zero-order chi connectivity index (χ0) is 25.0. The molecule has 9 nitrogen and oxygen atoms in total. The van der Waals surface area contributed by atoms with Gasteiger partial charge in [0.15, 0.2) is 0 Å². The van der Waals surface area contributed by atoms with Crippen molar-refractivity contribution in [2.24, 2.45) is 11.8 Å². The van der Waals surface area contributed by atoms with Crippen molar-refractivity contribution in [3.63, 3.8) is 0 Å². The van der Waals surface area contributed by atoms with Crippen LogP contribution < -0.4 is 10.1 Å². The highest BCUT2D eigenvalue weighted by molar-refractivity contribution is 7.88. The molecule has 1 aliphatic carbocycles. The third-order valence-corrected chi connectivity index (χ3v) is 8.19. The molecule has 1 aromatic carbocycles. The number of fused-ring (bicyclic) bond motifs is 1. The summed E-state index contributed by atoms with van der Waals surface area (Å²) < 4.78 is 31.4. The number of aliphatic hydroxyl groups excluding tert-OH is 1. The minimum atomic E-state index is -3.42. The molecule has 2 N–H and O–H groups in total. The second-order valence-corrected chi connectivity index (χ2v) is 11.8. The lowest BCUT2D eigenvalue weighted by Gasteiger charge is -2.38. The van der Waals surface area contributed by atoms with E-state index in [4.69, 9.17) is 4.74 Å². The molecular formula is C24H37N3O6S. The fourth-order valence-electron chi connectivity index (χ4n) is 4.52. The first-order chi connectivity index (χ1) is 16.0. The lowest BCUT2D eigenvalue weighted by molar-refractivity contribution is -0.120. The maximum absolute atomic E-state index is 13.5. The molecular weight excluding hydrogens is 458 g/mol. The first-order valence-electron chi connectivity index (χ1n) is 12.0. The van der Waals surface area contributed by atoms with Gasteiger partial charge in [-0.15, -0.1) is 0 Å². The van der Waals surface area contributed by atoms with Crippen LogP contribution in [0.2, 0.25) is 0 Å². The summed E-state index contributed by atoms with van der Waals surface area (Å²) in [5.41, 5.74) is 0.793. The molecule has 0 bridgehead atoms. The number of carbonyl (C=O) groups is 2. The van der Waals surface area contributed by atoms with Crippen LogP contribution in [0.5, 0.6) is 5.75 Å². The number of nitrogens with one attached hydrogen (secondary N) is 1. The minimum Gasteiger partial charge on any atom is -0.488 e. The Hall–Kier alpha value is -2.17. The molecule has 10 heteroatoms. The molecule has 0 radical (unpaired) electrons. The van der Waals surface area contributed by atoms with Gasteiger partial charge < -0.3 is 20.1 Å². The lowest BCUT2D eigenvalue weighted by Crippen LogP contribution is -2.50. The van der Waals surface area contributed by atoms with Crippen LogP contribution in [0.3, 0.4) is 0 Å². The Balaban J connectivity index is 1.92. The van der Waals surface area contributed by atoms with E-state index in [-0.39, 0.29) is 42.4 Å². The second-order valence-electron chi connectivity index (χ2n) is 9.70. The molecule has 0 aromatic heterocycles. The van der Waals surface area contributed by atoms with Crippen molar-refractivity contribution in [2.75, 3.05) is 38.3 Å². The van der Waals surface area contributed by atoms with E-state index in [1.165, 1.54) is 11.4 Å². The van der Waals surface area contributed by atoms with Gasteiger partial charge in [-0.05, 0) is 38.0 Å². The van der Waals surface area contributed by atoms with Crippen LogP contribution >= 0.6 is 0 Å². The Morgan fingerprint density at radius 1 is 1.29 bits per heavy atom. The molecule has 0 saturated heterocycles. The highest BCUT2D eigenvalue weighted by atomic mass is 32.2. The number of nitrogens with zero attached hydrogens (tertiary/aromatic N) is 2. The predicted molar refractivity (Wildman–Crippen MR) is 130 cm³/mol. The minimum absolute atomic E-state index is 0.0228. The van der Waals surface area contributed by atoms with Crippen LogP contribution in [0, 0.1) is 11.8 Å². The van der Waals surface area contributed by atoms with Crippen LogP contribution in [0.15, 0.2) is 18.2 Å². The van der Waals surface area contributed by atoms with Crippen LogP contribution in [0.1, 0.15) is 56.3 Å². The molecule has 3 rings (SSSR count). The summed E-state index contributed by atoms with van der Waals surface area (Å²) in [6.07, 6.45) is 5.61. The average Bonchev–Trinajstić information content (AvgIpc) is 2.81. The van der Waals surface area contributed by atoms with Crippen molar-refractivity contribution in [2.45, 2.75) is 58.1 Å². The number of anilines is 1. The Bertz CT molecular complexity index is 992. The highest BCUT2D eigenvalue weighted by Gasteiger charge is 2.34. The standard InChI is InChI=1S/C24H37N3O6S/c1-16-13-27(17(2)15-28)24(30)20-12-19(25-23(29)18-8-6-5-7-9-18)10-11-21(20)33-22(16)14-26(3)34(4,31)32/h10-12,16-18,22,28H,5-9,13-15H2,1-4H3,(H,25,29)/t16-,17-,22-/m1/s1. The van der Waals surface area contributed by atoms with E-state index in [2.05, 4.69) is 5.32 Å². The van der Waals surface area contributed by atoms with E-state index < -0.39 is 22.2 Å². The number of amides is 2. The van der Waals surface area contributed by atoms with Gasteiger partial charge in [-0.3, -0.25) is 9.59 Å². The number of hydrogen-bond acceptors (Lipinski definition) is 6. The van der Waals surface area contributed by atoms with E-state index in [9.17, 15) is 23.1 Å². The molecule has 34 heavy (non-hydrogen) atoms. The topological polar surface area (TPSA) is 116 Å². The van der Waals surface area contributed by atoms with Gasteiger partial charge in [0, 0.05) is 31.1 Å². The fourth-order valence-corrected chi connectivity index (χ4v) is 4.93. The largest absolute Gasteiger partial charge is 0.488 e. The smallest absolute Gasteiger partial charge is 0.258 e. The zero-order valence-electron chi connectivity index (χ0n) is 20.5. The molecule has 2 amide bonds. The summed E-state index contributed by atoms with van der Waals surface area (Å²) in [5.74, 6) is -0.228. The number of benzene rings is 1.